The number of carbonyl (C=O) groups excluding carboxylic acids is 1. The molecule has 0 unspecified atom stereocenters. The van der Waals surface area contributed by atoms with Crippen LogP contribution in [0.25, 0.3) is 6.08 Å². The average molecular weight is 313 g/mol. The molecule has 1 aliphatic heterocycles. The number of aliphatic imine (C=N–C) groups is 1. The van der Waals surface area contributed by atoms with Crippen LogP contribution in [0.15, 0.2) is 35.0 Å². The van der Waals surface area contributed by atoms with Crippen molar-refractivity contribution < 1.29 is 9.53 Å². The van der Waals surface area contributed by atoms with Gasteiger partial charge in [-0.15, -0.1) is 0 Å². The Morgan fingerprint density at radius 2 is 2.00 bits per heavy atom. The molecule has 0 spiro atoms. The summed E-state index contributed by atoms with van der Waals surface area (Å²) >= 11 is 2.23. The Morgan fingerprint density at radius 3 is 2.53 bits per heavy atom. The predicted octanol–water partition coefficient (Wildman–Crippen LogP) is 2.61. The first-order valence-corrected chi connectivity index (χ1v) is 5.48. The second-order valence-electron chi connectivity index (χ2n) is 3.10. The number of esters is 1. The van der Waals surface area contributed by atoms with Gasteiger partial charge in [0.15, 0.2) is 11.6 Å². The molecule has 0 saturated carbocycles. The Bertz CT molecular complexity index is 460. The summed E-state index contributed by atoms with van der Waals surface area (Å²) in [6.45, 7) is 1.66. The number of nitrogens with zero attached hydrogens (tertiary/aromatic N) is 1. The third-order valence-electron chi connectivity index (χ3n) is 1.90. The number of hydrogen-bond donors (Lipinski definition) is 0. The van der Waals surface area contributed by atoms with Crippen LogP contribution in [0.2, 0.25) is 0 Å². The first-order chi connectivity index (χ1) is 7.15. The number of benzene rings is 1. The largest absolute Gasteiger partial charge is 0.407 e. The van der Waals surface area contributed by atoms with Gasteiger partial charge in [-0.3, -0.25) is 0 Å². The molecule has 0 aliphatic carbocycles. The van der Waals surface area contributed by atoms with E-state index in [1.807, 2.05) is 24.3 Å². The van der Waals surface area contributed by atoms with Crippen molar-refractivity contribution in [2.45, 2.75) is 6.92 Å². The van der Waals surface area contributed by atoms with E-state index in [0.717, 1.165) is 9.13 Å². The highest BCUT2D eigenvalue weighted by Gasteiger charge is 2.19. The highest BCUT2D eigenvalue weighted by Crippen LogP contribution is 2.16. The third kappa shape index (κ3) is 2.44. The predicted molar refractivity (Wildman–Crippen MR) is 66.3 cm³/mol. The Kier molecular flexibility index (Phi) is 2.86. The van der Waals surface area contributed by atoms with Gasteiger partial charge < -0.3 is 4.74 Å². The molecule has 0 atom stereocenters. The van der Waals surface area contributed by atoms with Crippen LogP contribution in [0.5, 0.6) is 0 Å². The Morgan fingerprint density at radius 1 is 1.33 bits per heavy atom. The molecule has 3 nitrogen and oxygen atoms in total. The third-order valence-corrected chi connectivity index (χ3v) is 2.62. The molecule has 2 rings (SSSR count). The fourth-order valence-corrected chi connectivity index (χ4v) is 1.59. The molecule has 1 heterocycles. The molecule has 0 radical (unpaired) electrons. The van der Waals surface area contributed by atoms with Crippen molar-refractivity contribution in [3.8, 4) is 0 Å². The van der Waals surface area contributed by atoms with Gasteiger partial charge in [-0.25, -0.2) is 9.79 Å². The van der Waals surface area contributed by atoms with E-state index in [2.05, 4.69) is 27.6 Å². The van der Waals surface area contributed by atoms with Crippen molar-refractivity contribution in [2.24, 2.45) is 4.99 Å². The average Bonchev–Trinajstić information content (AvgIpc) is 2.49. The van der Waals surface area contributed by atoms with Gasteiger partial charge in [0.05, 0.1) is 0 Å². The maximum atomic E-state index is 11.2. The molecule has 4 heteroatoms. The zero-order chi connectivity index (χ0) is 10.8. The van der Waals surface area contributed by atoms with E-state index in [4.69, 9.17) is 4.74 Å². The lowest BCUT2D eigenvalue weighted by molar-refractivity contribution is -0.130. The quantitative estimate of drug-likeness (QED) is 0.454. The van der Waals surface area contributed by atoms with Gasteiger partial charge >= 0.3 is 5.97 Å². The maximum absolute atomic E-state index is 11.2. The molecule has 1 aliphatic rings. The molecule has 0 N–H and O–H groups in total. The number of halogens is 1. The Balaban J connectivity index is 2.31. The van der Waals surface area contributed by atoms with E-state index in [1.165, 1.54) is 0 Å². The fourth-order valence-electron chi connectivity index (χ4n) is 1.23. The van der Waals surface area contributed by atoms with Crippen LogP contribution < -0.4 is 0 Å². The van der Waals surface area contributed by atoms with Crippen LogP contribution in [-0.4, -0.2) is 11.9 Å². The van der Waals surface area contributed by atoms with Crippen LogP contribution in [0.4, 0.5) is 0 Å². The molecule has 0 saturated heterocycles. The molecular formula is C11H8INO2. The van der Waals surface area contributed by atoms with Crippen LogP contribution >= 0.6 is 22.6 Å². The lowest BCUT2D eigenvalue weighted by atomic mass is 10.2. The maximum Gasteiger partial charge on any atom is 0.363 e. The molecule has 0 amide bonds. The zero-order valence-corrected chi connectivity index (χ0v) is 10.2. The summed E-state index contributed by atoms with van der Waals surface area (Å²) in [6, 6.07) is 7.82. The van der Waals surface area contributed by atoms with Crippen LogP contribution in [0.3, 0.4) is 0 Å². The van der Waals surface area contributed by atoms with Crippen LogP contribution in [-0.2, 0) is 9.53 Å². The van der Waals surface area contributed by atoms with Gasteiger partial charge in [0.2, 0.25) is 0 Å². The highest BCUT2D eigenvalue weighted by atomic mass is 127. The normalized spacial score (nSPS) is 17.9. The fraction of sp³-hybridized carbons (Fsp3) is 0.0909. The summed E-state index contributed by atoms with van der Waals surface area (Å²) in [6.07, 6.45) is 1.72. The van der Waals surface area contributed by atoms with Gasteiger partial charge in [0, 0.05) is 10.5 Å². The van der Waals surface area contributed by atoms with Crippen molar-refractivity contribution in [3.05, 3.63) is 39.1 Å². The monoisotopic (exact) mass is 313 g/mol. The van der Waals surface area contributed by atoms with Crippen molar-refractivity contribution in [2.75, 3.05) is 0 Å². The number of carbonyl (C=O) groups is 1. The molecule has 0 aromatic heterocycles. The number of ether oxygens (including phenoxy) is 1. The summed E-state index contributed by atoms with van der Waals surface area (Å²) in [7, 11) is 0. The van der Waals surface area contributed by atoms with Crippen LogP contribution in [0.1, 0.15) is 12.5 Å². The zero-order valence-electron chi connectivity index (χ0n) is 8.03. The highest BCUT2D eigenvalue weighted by molar-refractivity contribution is 14.1. The minimum Gasteiger partial charge on any atom is -0.407 e. The molecule has 1 aromatic rings. The topological polar surface area (TPSA) is 38.7 Å². The first kappa shape index (κ1) is 10.4. The Labute approximate surface area is 101 Å². The summed E-state index contributed by atoms with van der Waals surface area (Å²) in [5.41, 5.74) is 1.30. The smallest absolute Gasteiger partial charge is 0.363 e. The van der Waals surface area contributed by atoms with E-state index < -0.39 is 0 Å². The van der Waals surface area contributed by atoms with Crippen molar-refractivity contribution in [3.63, 3.8) is 0 Å². The summed E-state index contributed by atoms with van der Waals surface area (Å²) in [5, 5.41) is 0. The number of hydrogen-bond acceptors (Lipinski definition) is 3. The summed E-state index contributed by atoms with van der Waals surface area (Å²) in [5.74, 6) is 0.0165. The minimum absolute atomic E-state index is 0.355. The van der Waals surface area contributed by atoms with E-state index in [9.17, 15) is 4.79 Å². The summed E-state index contributed by atoms with van der Waals surface area (Å²) < 4.78 is 5.97. The Hall–Kier alpha value is -1.17. The summed E-state index contributed by atoms with van der Waals surface area (Å²) in [4.78, 5) is 15.2. The van der Waals surface area contributed by atoms with E-state index in [1.54, 1.807) is 13.0 Å². The lowest BCUT2D eigenvalue weighted by Crippen LogP contribution is -1.99. The van der Waals surface area contributed by atoms with Crippen molar-refractivity contribution >= 4 is 40.5 Å². The minimum atomic E-state index is -0.383. The standard InChI is InChI=1S/C11H8INO2/c1-7-13-10(11(14)15-7)6-8-2-4-9(12)5-3-8/h2-6H,1H3/b10-6-. The molecule has 15 heavy (non-hydrogen) atoms. The SMILES string of the molecule is CC1=N/C(=C\c2ccc(I)cc2)C(=O)O1. The number of cyclic esters (lactones) is 1. The van der Waals surface area contributed by atoms with Gasteiger partial charge in [0.1, 0.15) is 0 Å². The molecule has 1 aromatic carbocycles. The van der Waals surface area contributed by atoms with E-state index in [0.29, 0.717) is 11.6 Å². The first-order valence-electron chi connectivity index (χ1n) is 4.40. The van der Waals surface area contributed by atoms with E-state index >= 15 is 0 Å². The molecule has 0 fully saturated rings. The second-order valence-corrected chi connectivity index (χ2v) is 4.35. The van der Waals surface area contributed by atoms with E-state index in [-0.39, 0.29) is 5.97 Å². The second kappa shape index (κ2) is 4.14. The molecular weight excluding hydrogens is 305 g/mol. The molecule has 0 bridgehead atoms. The lowest BCUT2D eigenvalue weighted by Gasteiger charge is -1.94. The molecule has 76 valence electrons. The van der Waals surface area contributed by atoms with Crippen LogP contribution in [0, 0.1) is 3.57 Å². The number of rotatable bonds is 1. The van der Waals surface area contributed by atoms with Crippen molar-refractivity contribution in [1.29, 1.82) is 0 Å². The van der Waals surface area contributed by atoms with Gasteiger partial charge in [-0.2, -0.15) is 0 Å². The van der Waals surface area contributed by atoms with Gasteiger partial charge in [-0.05, 0) is 46.4 Å². The van der Waals surface area contributed by atoms with Gasteiger partial charge in [0.25, 0.3) is 0 Å². The van der Waals surface area contributed by atoms with Gasteiger partial charge in [-0.1, -0.05) is 12.1 Å². The van der Waals surface area contributed by atoms with Crippen molar-refractivity contribution in [1.82, 2.24) is 0 Å².